The Balaban J connectivity index is 2.00. The van der Waals surface area contributed by atoms with Crippen LogP contribution >= 0.6 is 0 Å². The van der Waals surface area contributed by atoms with Gasteiger partial charge in [0.05, 0.1) is 12.7 Å². The number of hydrogen-bond donors (Lipinski definition) is 1. The number of rotatable bonds is 7. The number of amides is 1. The smallest absolute Gasteiger partial charge is 0.387 e. The van der Waals surface area contributed by atoms with Crippen LogP contribution in [-0.2, 0) is 9.53 Å². The standard InChI is InChI=1S/C17H13F4NO5/c1-25-13-7-9(5-6-12(13)27-17(20)21)16(24)26-8-14(23)22-15-10(18)3-2-4-11(15)19/h2-7,17H,8H2,1H3,(H,22,23). The lowest BCUT2D eigenvalue weighted by molar-refractivity contribution is -0.119. The number of nitrogens with one attached hydrogen (secondary N) is 1. The van der Waals surface area contributed by atoms with E-state index in [4.69, 9.17) is 9.47 Å². The number of ether oxygens (including phenoxy) is 3. The molecule has 0 saturated heterocycles. The fourth-order valence-electron chi connectivity index (χ4n) is 2.00. The quantitative estimate of drug-likeness (QED) is 0.583. The third-order valence-electron chi connectivity index (χ3n) is 3.18. The van der Waals surface area contributed by atoms with Gasteiger partial charge in [-0.25, -0.2) is 13.6 Å². The van der Waals surface area contributed by atoms with Crippen LogP contribution < -0.4 is 14.8 Å². The molecule has 2 aromatic rings. The normalized spacial score (nSPS) is 10.4. The first-order valence-electron chi connectivity index (χ1n) is 7.35. The van der Waals surface area contributed by atoms with Crippen molar-refractivity contribution in [2.45, 2.75) is 6.61 Å². The lowest BCUT2D eigenvalue weighted by Crippen LogP contribution is -2.22. The van der Waals surface area contributed by atoms with E-state index >= 15 is 0 Å². The van der Waals surface area contributed by atoms with Gasteiger partial charge < -0.3 is 19.5 Å². The summed E-state index contributed by atoms with van der Waals surface area (Å²) < 4.78 is 65.2. The SMILES string of the molecule is COc1cc(C(=O)OCC(=O)Nc2c(F)cccc2F)ccc1OC(F)F. The summed E-state index contributed by atoms with van der Waals surface area (Å²) in [5.74, 6) is -4.39. The number of carbonyl (C=O) groups excluding carboxylic acids is 2. The Morgan fingerprint density at radius 2 is 1.74 bits per heavy atom. The first-order valence-corrected chi connectivity index (χ1v) is 7.35. The summed E-state index contributed by atoms with van der Waals surface area (Å²) in [4.78, 5) is 23.6. The highest BCUT2D eigenvalue weighted by Crippen LogP contribution is 2.29. The molecule has 0 atom stereocenters. The van der Waals surface area contributed by atoms with Crippen molar-refractivity contribution in [1.82, 2.24) is 0 Å². The Hall–Kier alpha value is -3.30. The van der Waals surface area contributed by atoms with Crippen molar-refractivity contribution in [2.75, 3.05) is 19.0 Å². The van der Waals surface area contributed by atoms with E-state index in [0.29, 0.717) is 0 Å². The minimum absolute atomic E-state index is 0.113. The van der Waals surface area contributed by atoms with E-state index in [9.17, 15) is 27.2 Å². The topological polar surface area (TPSA) is 73.9 Å². The zero-order chi connectivity index (χ0) is 20.0. The summed E-state index contributed by atoms with van der Waals surface area (Å²) in [5.41, 5.74) is -0.785. The molecule has 27 heavy (non-hydrogen) atoms. The number of alkyl halides is 2. The van der Waals surface area contributed by atoms with Crippen molar-refractivity contribution < 1.29 is 41.4 Å². The number of carbonyl (C=O) groups is 2. The van der Waals surface area contributed by atoms with E-state index in [1.54, 1.807) is 0 Å². The highest BCUT2D eigenvalue weighted by atomic mass is 19.3. The van der Waals surface area contributed by atoms with Crippen LogP contribution in [0.4, 0.5) is 23.2 Å². The molecule has 0 aliphatic rings. The lowest BCUT2D eigenvalue weighted by Gasteiger charge is -2.11. The van der Waals surface area contributed by atoms with Crippen molar-refractivity contribution in [3.05, 3.63) is 53.6 Å². The minimum Gasteiger partial charge on any atom is -0.493 e. The molecule has 2 rings (SSSR count). The van der Waals surface area contributed by atoms with Gasteiger partial charge in [0.2, 0.25) is 0 Å². The predicted octanol–water partition coefficient (Wildman–Crippen LogP) is 3.37. The monoisotopic (exact) mass is 387 g/mol. The van der Waals surface area contributed by atoms with Crippen LogP contribution in [0.5, 0.6) is 11.5 Å². The molecule has 2 aromatic carbocycles. The van der Waals surface area contributed by atoms with Gasteiger partial charge in [-0.3, -0.25) is 4.79 Å². The van der Waals surface area contributed by atoms with Crippen molar-refractivity contribution in [2.24, 2.45) is 0 Å². The third kappa shape index (κ3) is 5.33. The van der Waals surface area contributed by atoms with Crippen LogP contribution in [0.3, 0.4) is 0 Å². The maximum Gasteiger partial charge on any atom is 0.387 e. The van der Waals surface area contributed by atoms with Gasteiger partial charge in [0.25, 0.3) is 5.91 Å². The highest BCUT2D eigenvalue weighted by molar-refractivity contribution is 5.95. The third-order valence-corrected chi connectivity index (χ3v) is 3.18. The molecule has 6 nitrogen and oxygen atoms in total. The first-order chi connectivity index (χ1) is 12.8. The molecule has 0 bridgehead atoms. The van der Waals surface area contributed by atoms with Crippen molar-refractivity contribution in [3.8, 4) is 11.5 Å². The molecule has 0 saturated carbocycles. The zero-order valence-electron chi connectivity index (χ0n) is 13.8. The molecule has 0 unspecified atom stereocenters. The molecule has 0 aliphatic heterocycles. The summed E-state index contributed by atoms with van der Waals surface area (Å²) in [6.45, 7) is -3.91. The first kappa shape index (κ1) is 20.0. The fraction of sp³-hybridized carbons (Fsp3) is 0.176. The number of anilines is 1. The average molecular weight is 387 g/mol. The zero-order valence-corrected chi connectivity index (χ0v) is 13.8. The van der Waals surface area contributed by atoms with Gasteiger partial charge in [-0.1, -0.05) is 6.07 Å². The number of halogens is 4. The summed E-state index contributed by atoms with van der Waals surface area (Å²) >= 11 is 0. The summed E-state index contributed by atoms with van der Waals surface area (Å²) in [6.07, 6.45) is 0. The van der Waals surface area contributed by atoms with E-state index in [0.717, 1.165) is 36.4 Å². The molecule has 144 valence electrons. The fourth-order valence-corrected chi connectivity index (χ4v) is 2.00. The van der Waals surface area contributed by atoms with Crippen molar-refractivity contribution in [1.29, 1.82) is 0 Å². The number of methoxy groups -OCH3 is 1. The molecule has 0 fully saturated rings. The van der Waals surface area contributed by atoms with Crippen LogP contribution in [0.15, 0.2) is 36.4 Å². The molecule has 0 spiro atoms. The molecule has 0 radical (unpaired) electrons. The molecule has 1 amide bonds. The van der Waals surface area contributed by atoms with E-state index in [1.807, 2.05) is 5.32 Å². The van der Waals surface area contributed by atoms with Gasteiger partial charge in [-0.2, -0.15) is 8.78 Å². The van der Waals surface area contributed by atoms with Gasteiger partial charge in [0, 0.05) is 0 Å². The Kier molecular flexibility index (Phi) is 6.58. The largest absolute Gasteiger partial charge is 0.493 e. The van der Waals surface area contributed by atoms with E-state index in [-0.39, 0.29) is 17.1 Å². The Labute approximate surface area is 150 Å². The van der Waals surface area contributed by atoms with Gasteiger partial charge in [-0.05, 0) is 30.3 Å². The minimum atomic E-state index is -3.08. The van der Waals surface area contributed by atoms with Crippen LogP contribution in [0.2, 0.25) is 0 Å². The predicted molar refractivity (Wildman–Crippen MR) is 84.9 cm³/mol. The Bertz CT molecular complexity index is 824. The number of benzene rings is 2. The van der Waals surface area contributed by atoms with Crippen LogP contribution in [0.1, 0.15) is 10.4 Å². The second-order valence-electron chi connectivity index (χ2n) is 4.97. The summed E-state index contributed by atoms with van der Waals surface area (Å²) in [6, 6.07) is 6.27. The number of esters is 1. The van der Waals surface area contributed by atoms with Crippen LogP contribution in [0.25, 0.3) is 0 Å². The maximum atomic E-state index is 13.4. The Morgan fingerprint density at radius 1 is 1.07 bits per heavy atom. The molecular formula is C17H13F4NO5. The molecule has 0 aromatic heterocycles. The van der Waals surface area contributed by atoms with E-state index in [1.165, 1.54) is 7.11 Å². The van der Waals surface area contributed by atoms with Crippen LogP contribution in [-0.4, -0.2) is 32.2 Å². The van der Waals surface area contributed by atoms with Gasteiger partial charge in [-0.15, -0.1) is 0 Å². The number of para-hydroxylation sites is 1. The van der Waals surface area contributed by atoms with Crippen molar-refractivity contribution >= 4 is 17.6 Å². The van der Waals surface area contributed by atoms with E-state index in [2.05, 4.69) is 4.74 Å². The second-order valence-corrected chi connectivity index (χ2v) is 4.97. The van der Waals surface area contributed by atoms with Crippen LogP contribution in [0, 0.1) is 11.6 Å². The molecule has 0 heterocycles. The molecule has 1 N–H and O–H groups in total. The maximum absolute atomic E-state index is 13.4. The van der Waals surface area contributed by atoms with E-state index < -0.39 is 42.4 Å². The summed E-state index contributed by atoms with van der Waals surface area (Å²) in [7, 11) is 1.18. The highest BCUT2D eigenvalue weighted by Gasteiger charge is 2.17. The summed E-state index contributed by atoms with van der Waals surface area (Å²) in [5, 5.41) is 1.94. The molecular weight excluding hydrogens is 374 g/mol. The average Bonchev–Trinajstić information content (AvgIpc) is 2.62. The van der Waals surface area contributed by atoms with Gasteiger partial charge in [0.1, 0.15) is 17.3 Å². The Morgan fingerprint density at radius 3 is 2.33 bits per heavy atom. The second kappa shape index (κ2) is 8.88. The van der Waals surface area contributed by atoms with Gasteiger partial charge >= 0.3 is 12.6 Å². The van der Waals surface area contributed by atoms with Crippen molar-refractivity contribution in [3.63, 3.8) is 0 Å². The van der Waals surface area contributed by atoms with Gasteiger partial charge in [0.15, 0.2) is 18.1 Å². The number of hydrogen-bond acceptors (Lipinski definition) is 5. The molecule has 10 heteroatoms. The lowest BCUT2D eigenvalue weighted by atomic mass is 10.2. The molecule has 0 aliphatic carbocycles.